The van der Waals surface area contributed by atoms with E-state index in [0.717, 1.165) is 6.08 Å². The molecule has 0 bridgehead atoms. The molecule has 2 N–H and O–H groups in total. The Morgan fingerprint density at radius 1 is 1.40 bits per heavy atom. The SMILES string of the molecule is C=CC(=O)c1cccc(C(=O)OC)c1N. The zero-order valence-electron chi connectivity index (χ0n) is 8.32. The lowest BCUT2D eigenvalue weighted by molar-refractivity contribution is 0.0602. The first-order chi connectivity index (χ1) is 7.11. The van der Waals surface area contributed by atoms with Gasteiger partial charge in [0.15, 0.2) is 5.78 Å². The maximum Gasteiger partial charge on any atom is 0.339 e. The maximum atomic E-state index is 11.3. The van der Waals surface area contributed by atoms with Crippen LogP contribution >= 0.6 is 0 Å². The molecule has 0 saturated carbocycles. The summed E-state index contributed by atoms with van der Waals surface area (Å²) in [7, 11) is 1.25. The van der Waals surface area contributed by atoms with E-state index in [9.17, 15) is 9.59 Å². The van der Waals surface area contributed by atoms with Gasteiger partial charge in [0.05, 0.1) is 18.4 Å². The number of hydrogen-bond donors (Lipinski definition) is 1. The summed E-state index contributed by atoms with van der Waals surface area (Å²) in [5.41, 5.74) is 6.23. The number of esters is 1. The van der Waals surface area contributed by atoms with Gasteiger partial charge < -0.3 is 10.5 Å². The third-order valence-corrected chi connectivity index (χ3v) is 1.96. The first-order valence-electron chi connectivity index (χ1n) is 4.25. The van der Waals surface area contributed by atoms with Crippen LogP contribution in [0.3, 0.4) is 0 Å². The number of allylic oxidation sites excluding steroid dienone is 1. The average molecular weight is 205 g/mol. The third kappa shape index (κ3) is 2.04. The van der Waals surface area contributed by atoms with Crippen molar-refractivity contribution in [2.45, 2.75) is 0 Å². The Labute approximate surface area is 87.3 Å². The molecule has 78 valence electrons. The highest BCUT2D eigenvalue weighted by Gasteiger charge is 2.15. The Morgan fingerprint density at radius 3 is 2.53 bits per heavy atom. The Hall–Kier alpha value is -2.10. The van der Waals surface area contributed by atoms with Crippen LogP contribution in [0.4, 0.5) is 5.69 Å². The highest BCUT2D eigenvalue weighted by atomic mass is 16.5. The highest BCUT2D eigenvalue weighted by molar-refractivity contribution is 6.11. The van der Waals surface area contributed by atoms with Crippen LogP contribution in [0.15, 0.2) is 30.9 Å². The lowest BCUT2D eigenvalue weighted by Crippen LogP contribution is -2.09. The summed E-state index contributed by atoms with van der Waals surface area (Å²) in [5, 5.41) is 0. The minimum atomic E-state index is -0.564. The van der Waals surface area contributed by atoms with Crippen molar-refractivity contribution in [3.8, 4) is 0 Å². The van der Waals surface area contributed by atoms with Gasteiger partial charge in [0.1, 0.15) is 0 Å². The molecule has 0 amide bonds. The molecule has 15 heavy (non-hydrogen) atoms. The van der Waals surface area contributed by atoms with Crippen molar-refractivity contribution in [2.24, 2.45) is 0 Å². The largest absolute Gasteiger partial charge is 0.465 e. The molecule has 4 nitrogen and oxygen atoms in total. The van der Waals surface area contributed by atoms with Gasteiger partial charge in [-0.1, -0.05) is 12.6 Å². The summed E-state index contributed by atoms with van der Waals surface area (Å²) in [5.74, 6) is -0.885. The molecule has 0 saturated heterocycles. The van der Waals surface area contributed by atoms with E-state index in [1.54, 1.807) is 6.07 Å². The van der Waals surface area contributed by atoms with E-state index >= 15 is 0 Å². The van der Waals surface area contributed by atoms with Gasteiger partial charge in [0, 0.05) is 5.56 Å². The van der Waals surface area contributed by atoms with Crippen molar-refractivity contribution >= 4 is 17.4 Å². The van der Waals surface area contributed by atoms with Crippen LogP contribution in [0.25, 0.3) is 0 Å². The number of benzene rings is 1. The number of carbonyl (C=O) groups excluding carboxylic acids is 2. The predicted molar refractivity (Wildman–Crippen MR) is 56.7 cm³/mol. The number of anilines is 1. The van der Waals surface area contributed by atoms with Crippen LogP contribution in [-0.4, -0.2) is 18.9 Å². The molecule has 0 atom stereocenters. The monoisotopic (exact) mass is 205 g/mol. The second-order valence-electron chi connectivity index (χ2n) is 2.83. The molecule has 0 radical (unpaired) electrons. The Morgan fingerprint density at radius 2 is 2.00 bits per heavy atom. The van der Waals surface area contributed by atoms with E-state index in [2.05, 4.69) is 11.3 Å². The van der Waals surface area contributed by atoms with Crippen molar-refractivity contribution in [1.82, 2.24) is 0 Å². The molecule has 1 aromatic carbocycles. The third-order valence-electron chi connectivity index (χ3n) is 1.96. The van der Waals surface area contributed by atoms with E-state index in [1.807, 2.05) is 0 Å². The van der Waals surface area contributed by atoms with Crippen LogP contribution in [0, 0.1) is 0 Å². The lowest BCUT2D eigenvalue weighted by atomic mass is 10.0. The summed E-state index contributed by atoms with van der Waals surface area (Å²) >= 11 is 0. The Balaban J connectivity index is 3.28. The van der Waals surface area contributed by atoms with E-state index in [4.69, 9.17) is 5.73 Å². The molecule has 1 rings (SSSR count). The van der Waals surface area contributed by atoms with Crippen molar-refractivity contribution in [1.29, 1.82) is 0 Å². The number of ether oxygens (including phenoxy) is 1. The topological polar surface area (TPSA) is 69.4 Å². The van der Waals surface area contributed by atoms with Crippen LogP contribution < -0.4 is 5.73 Å². The second-order valence-corrected chi connectivity index (χ2v) is 2.83. The number of nitrogens with two attached hydrogens (primary N) is 1. The van der Waals surface area contributed by atoms with Crippen LogP contribution in [0.5, 0.6) is 0 Å². The fourth-order valence-corrected chi connectivity index (χ4v) is 1.18. The van der Waals surface area contributed by atoms with E-state index in [0.29, 0.717) is 0 Å². The van der Waals surface area contributed by atoms with E-state index < -0.39 is 5.97 Å². The number of rotatable bonds is 3. The minimum Gasteiger partial charge on any atom is -0.465 e. The van der Waals surface area contributed by atoms with Gasteiger partial charge in [-0.05, 0) is 18.2 Å². The van der Waals surface area contributed by atoms with Crippen molar-refractivity contribution in [3.63, 3.8) is 0 Å². The maximum absolute atomic E-state index is 11.3. The number of para-hydroxylation sites is 1. The second kappa shape index (κ2) is 4.41. The molecule has 0 aliphatic heterocycles. The predicted octanol–water partition coefficient (Wildman–Crippen LogP) is 1.42. The molecular formula is C11H11NO3. The molecule has 0 heterocycles. The highest BCUT2D eigenvalue weighted by Crippen LogP contribution is 2.19. The summed E-state index contributed by atoms with van der Waals surface area (Å²) in [6.45, 7) is 3.35. The lowest BCUT2D eigenvalue weighted by Gasteiger charge is -2.06. The number of ketones is 1. The van der Waals surface area contributed by atoms with Crippen molar-refractivity contribution in [3.05, 3.63) is 42.0 Å². The number of carbonyl (C=O) groups is 2. The van der Waals surface area contributed by atoms with Crippen molar-refractivity contribution < 1.29 is 14.3 Å². The molecule has 4 heteroatoms. The molecule has 0 unspecified atom stereocenters. The molecule has 0 aliphatic carbocycles. The Bertz CT molecular complexity index is 424. The zero-order chi connectivity index (χ0) is 11.4. The zero-order valence-corrected chi connectivity index (χ0v) is 8.32. The Kier molecular flexibility index (Phi) is 3.23. The van der Waals surface area contributed by atoms with Gasteiger partial charge in [0.25, 0.3) is 0 Å². The van der Waals surface area contributed by atoms with Gasteiger partial charge >= 0.3 is 5.97 Å². The molecule has 0 fully saturated rings. The van der Waals surface area contributed by atoms with Gasteiger partial charge in [-0.25, -0.2) is 4.79 Å². The van der Waals surface area contributed by atoms with E-state index in [-0.39, 0.29) is 22.6 Å². The molecule has 0 aliphatic rings. The first kappa shape index (κ1) is 11.0. The molecular weight excluding hydrogens is 194 g/mol. The summed E-state index contributed by atoms with van der Waals surface area (Å²) in [6, 6.07) is 4.60. The standard InChI is InChI=1S/C11H11NO3/c1-3-9(13)7-5-4-6-8(10(7)12)11(14)15-2/h3-6H,1,12H2,2H3. The number of nitrogen functional groups attached to an aromatic ring is 1. The van der Waals surface area contributed by atoms with Crippen LogP contribution in [-0.2, 0) is 4.74 Å². The van der Waals surface area contributed by atoms with E-state index in [1.165, 1.54) is 19.2 Å². The molecule has 1 aromatic rings. The van der Waals surface area contributed by atoms with Gasteiger partial charge in [-0.3, -0.25) is 4.79 Å². The fourth-order valence-electron chi connectivity index (χ4n) is 1.18. The number of methoxy groups -OCH3 is 1. The van der Waals surface area contributed by atoms with Gasteiger partial charge in [0.2, 0.25) is 0 Å². The normalized spacial score (nSPS) is 9.40. The summed E-state index contributed by atoms with van der Waals surface area (Å²) in [4.78, 5) is 22.6. The number of hydrogen-bond acceptors (Lipinski definition) is 4. The average Bonchev–Trinajstić information content (AvgIpc) is 2.27. The summed E-state index contributed by atoms with van der Waals surface area (Å²) < 4.78 is 4.53. The van der Waals surface area contributed by atoms with Gasteiger partial charge in [-0.15, -0.1) is 0 Å². The fraction of sp³-hybridized carbons (Fsp3) is 0.0909. The van der Waals surface area contributed by atoms with Crippen molar-refractivity contribution in [2.75, 3.05) is 12.8 Å². The van der Waals surface area contributed by atoms with Crippen LogP contribution in [0.1, 0.15) is 20.7 Å². The molecule has 0 aromatic heterocycles. The van der Waals surface area contributed by atoms with Crippen LogP contribution in [0.2, 0.25) is 0 Å². The molecule has 0 spiro atoms. The first-order valence-corrected chi connectivity index (χ1v) is 4.25. The smallest absolute Gasteiger partial charge is 0.339 e. The quantitative estimate of drug-likeness (QED) is 0.350. The van der Waals surface area contributed by atoms with Gasteiger partial charge in [-0.2, -0.15) is 0 Å². The minimum absolute atomic E-state index is 0.120. The summed E-state index contributed by atoms with van der Waals surface area (Å²) in [6.07, 6.45) is 1.15.